The number of carbonyl (C=O) groups excluding carboxylic acids is 2. The molecule has 0 aromatic rings. The first-order chi connectivity index (χ1) is 37.0. The van der Waals surface area contributed by atoms with Crippen LogP contribution < -0.4 is 5.32 Å². The van der Waals surface area contributed by atoms with E-state index in [0.717, 1.165) is 44.9 Å². The summed E-state index contributed by atoms with van der Waals surface area (Å²) in [4.78, 5) is 24.5. The lowest BCUT2D eigenvalue weighted by Gasteiger charge is -2.22. The Labute approximate surface area is 469 Å². The molecule has 0 radical (unpaired) electrons. The lowest BCUT2D eigenvalue weighted by Crippen LogP contribution is -2.45. The molecule has 0 aliphatic heterocycles. The molecule has 0 heterocycles. The van der Waals surface area contributed by atoms with Crippen LogP contribution in [0, 0.1) is 0 Å². The first-order valence-corrected chi connectivity index (χ1v) is 34.4. The summed E-state index contributed by atoms with van der Waals surface area (Å²) in [5.74, 6) is -0.0209. The van der Waals surface area contributed by atoms with Gasteiger partial charge < -0.3 is 20.3 Å². The molecule has 0 aliphatic carbocycles. The smallest absolute Gasteiger partial charge is 0.305 e. The number of aliphatic hydroxyl groups is 2. The van der Waals surface area contributed by atoms with Gasteiger partial charge >= 0.3 is 5.97 Å². The second kappa shape index (κ2) is 65.1. The van der Waals surface area contributed by atoms with Crippen LogP contribution in [0.4, 0.5) is 0 Å². The Balaban J connectivity index is 3.36. The minimum absolute atomic E-state index is 0.00705. The summed E-state index contributed by atoms with van der Waals surface area (Å²) < 4.78 is 5.47. The molecule has 0 saturated heterocycles. The topological polar surface area (TPSA) is 95.9 Å². The minimum Gasteiger partial charge on any atom is -0.466 e. The quantitative estimate of drug-likeness (QED) is 0.0320. The zero-order chi connectivity index (χ0) is 54.3. The standard InChI is InChI=1S/C69H135NO5/c1-3-5-7-9-11-13-15-16-17-18-19-26-29-32-35-38-42-45-49-53-57-61-67(72)66(65-71)70-68(73)62-58-54-50-46-43-39-36-33-30-27-24-22-20-21-23-25-28-31-34-37-40-44-48-52-56-60-64-75-69(74)63-59-55-51-47-41-14-12-10-8-6-4-2/h10,12,66-67,71-72H,3-9,11,13-65H2,1-2H3,(H,70,73)/b12-10-. The van der Waals surface area contributed by atoms with Gasteiger partial charge in [-0.15, -0.1) is 0 Å². The predicted octanol–water partition coefficient (Wildman–Crippen LogP) is 22.0. The molecule has 0 spiro atoms. The molecule has 2 unspecified atom stereocenters. The summed E-state index contributed by atoms with van der Waals surface area (Å²) in [7, 11) is 0. The largest absolute Gasteiger partial charge is 0.466 e. The molecular formula is C69H135NO5. The fourth-order valence-electron chi connectivity index (χ4n) is 11.0. The van der Waals surface area contributed by atoms with Gasteiger partial charge in [-0.1, -0.05) is 347 Å². The van der Waals surface area contributed by atoms with E-state index in [2.05, 4.69) is 31.3 Å². The van der Waals surface area contributed by atoms with E-state index in [1.807, 2.05) is 0 Å². The first kappa shape index (κ1) is 73.6. The molecule has 1 amide bonds. The Kier molecular flexibility index (Phi) is 63.9. The Hall–Kier alpha value is -1.40. The van der Waals surface area contributed by atoms with Crippen LogP contribution >= 0.6 is 0 Å². The maximum atomic E-state index is 12.5. The molecule has 0 bridgehead atoms. The number of esters is 1. The van der Waals surface area contributed by atoms with Crippen molar-refractivity contribution in [1.29, 1.82) is 0 Å². The number of carbonyl (C=O) groups is 2. The van der Waals surface area contributed by atoms with Crippen molar-refractivity contribution in [3.05, 3.63) is 12.2 Å². The molecule has 3 N–H and O–H groups in total. The van der Waals surface area contributed by atoms with Gasteiger partial charge in [0.2, 0.25) is 5.91 Å². The molecular weight excluding hydrogens is 923 g/mol. The van der Waals surface area contributed by atoms with Crippen molar-refractivity contribution in [2.24, 2.45) is 0 Å². The van der Waals surface area contributed by atoms with Gasteiger partial charge in [0.15, 0.2) is 0 Å². The van der Waals surface area contributed by atoms with Gasteiger partial charge in [0.25, 0.3) is 0 Å². The molecule has 0 aliphatic rings. The van der Waals surface area contributed by atoms with Gasteiger partial charge in [0.05, 0.1) is 25.4 Å². The van der Waals surface area contributed by atoms with Gasteiger partial charge in [0.1, 0.15) is 0 Å². The van der Waals surface area contributed by atoms with Crippen molar-refractivity contribution in [3.63, 3.8) is 0 Å². The maximum absolute atomic E-state index is 12.5. The summed E-state index contributed by atoms with van der Waals surface area (Å²) in [6.45, 7) is 4.95. The predicted molar refractivity (Wildman–Crippen MR) is 329 cm³/mol. The number of unbranched alkanes of at least 4 members (excludes halogenated alkanes) is 52. The van der Waals surface area contributed by atoms with Crippen LogP contribution in [0.5, 0.6) is 0 Å². The number of nitrogens with one attached hydrogen (secondary N) is 1. The Morgan fingerprint density at radius 1 is 0.360 bits per heavy atom. The van der Waals surface area contributed by atoms with Gasteiger partial charge in [0, 0.05) is 12.8 Å². The van der Waals surface area contributed by atoms with Crippen LogP contribution in [0.3, 0.4) is 0 Å². The molecule has 0 fully saturated rings. The molecule has 0 rings (SSSR count). The lowest BCUT2D eigenvalue weighted by molar-refractivity contribution is -0.143. The average Bonchev–Trinajstić information content (AvgIpc) is 3.41. The third kappa shape index (κ3) is 61.7. The average molecular weight is 1060 g/mol. The van der Waals surface area contributed by atoms with Gasteiger partial charge in [-0.05, 0) is 44.9 Å². The van der Waals surface area contributed by atoms with E-state index in [9.17, 15) is 19.8 Å². The molecule has 446 valence electrons. The monoisotopic (exact) mass is 1060 g/mol. The van der Waals surface area contributed by atoms with Crippen LogP contribution in [0.2, 0.25) is 0 Å². The van der Waals surface area contributed by atoms with Crippen LogP contribution in [0.15, 0.2) is 12.2 Å². The van der Waals surface area contributed by atoms with Crippen molar-refractivity contribution in [3.8, 4) is 0 Å². The van der Waals surface area contributed by atoms with E-state index < -0.39 is 12.1 Å². The highest BCUT2D eigenvalue weighted by atomic mass is 16.5. The molecule has 2 atom stereocenters. The van der Waals surface area contributed by atoms with E-state index in [4.69, 9.17) is 4.74 Å². The number of aliphatic hydroxyl groups excluding tert-OH is 2. The number of ether oxygens (including phenoxy) is 1. The summed E-state index contributed by atoms with van der Waals surface area (Å²) in [6, 6.07) is -0.540. The van der Waals surface area contributed by atoms with E-state index >= 15 is 0 Å². The Morgan fingerprint density at radius 3 is 0.987 bits per heavy atom. The summed E-state index contributed by atoms with van der Waals surface area (Å²) in [6.07, 6.45) is 79.7. The fourth-order valence-corrected chi connectivity index (χ4v) is 11.0. The van der Waals surface area contributed by atoms with Crippen LogP contribution in [0.1, 0.15) is 393 Å². The number of hydrogen-bond acceptors (Lipinski definition) is 5. The number of hydrogen-bond donors (Lipinski definition) is 3. The van der Waals surface area contributed by atoms with E-state index in [1.54, 1.807) is 0 Å². The third-order valence-electron chi connectivity index (χ3n) is 16.3. The molecule has 0 aromatic heterocycles. The third-order valence-corrected chi connectivity index (χ3v) is 16.3. The highest BCUT2D eigenvalue weighted by Crippen LogP contribution is 2.19. The Bertz CT molecular complexity index is 1130. The van der Waals surface area contributed by atoms with Crippen molar-refractivity contribution < 1.29 is 24.5 Å². The fraction of sp³-hybridized carbons (Fsp3) is 0.942. The summed E-state index contributed by atoms with van der Waals surface area (Å²) in [5, 5.41) is 23.4. The molecule has 6 heteroatoms. The molecule has 0 saturated carbocycles. The van der Waals surface area contributed by atoms with Crippen LogP contribution in [0.25, 0.3) is 0 Å². The van der Waals surface area contributed by atoms with Crippen LogP contribution in [-0.4, -0.2) is 47.4 Å². The maximum Gasteiger partial charge on any atom is 0.305 e. The number of rotatable bonds is 65. The first-order valence-electron chi connectivity index (χ1n) is 34.4. The molecule has 6 nitrogen and oxygen atoms in total. The zero-order valence-electron chi connectivity index (χ0n) is 51.1. The highest BCUT2D eigenvalue weighted by Gasteiger charge is 2.20. The van der Waals surface area contributed by atoms with Crippen LogP contribution in [-0.2, 0) is 14.3 Å². The second-order valence-electron chi connectivity index (χ2n) is 23.9. The SMILES string of the molecule is CCCC/C=C\CCCCCCCC(=O)OCCCCCCCCCCCCCCCCCCCCCCCCCCCCC(=O)NC(CO)C(O)CCCCCCCCCCCCCCCCCCCCCCC. The lowest BCUT2D eigenvalue weighted by atomic mass is 10.0. The summed E-state index contributed by atoms with van der Waals surface area (Å²) in [5.41, 5.74) is 0. The van der Waals surface area contributed by atoms with Crippen molar-refractivity contribution in [1.82, 2.24) is 5.32 Å². The van der Waals surface area contributed by atoms with Gasteiger partial charge in [-0.25, -0.2) is 0 Å². The van der Waals surface area contributed by atoms with E-state index in [0.29, 0.717) is 25.9 Å². The van der Waals surface area contributed by atoms with Crippen molar-refractivity contribution in [2.75, 3.05) is 13.2 Å². The Morgan fingerprint density at radius 2 is 0.640 bits per heavy atom. The number of amides is 1. The second-order valence-corrected chi connectivity index (χ2v) is 23.9. The zero-order valence-corrected chi connectivity index (χ0v) is 51.1. The van der Waals surface area contributed by atoms with E-state index in [1.165, 1.54) is 315 Å². The van der Waals surface area contributed by atoms with E-state index in [-0.39, 0.29) is 18.5 Å². The van der Waals surface area contributed by atoms with Crippen molar-refractivity contribution in [2.45, 2.75) is 405 Å². The number of allylic oxidation sites excluding steroid dienone is 2. The van der Waals surface area contributed by atoms with Crippen molar-refractivity contribution >= 4 is 11.9 Å². The van der Waals surface area contributed by atoms with Gasteiger partial charge in [-0.2, -0.15) is 0 Å². The normalized spacial score (nSPS) is 12.5. The summed E-state index contributed by atoms with van der Waals surface area (Å²) >= 11 is 0. The molecule has 0 aromatic carbocycles. The minimum atomic E-state index is -0.663. The molecule has 75 heavy (non-hydrogen) atoms. The highest BCUT2D eigenvalue weighted by molar-refractivity contribution is 5.76. The van der Waals surface area contributed by atoms with Gasteiger partial charge in [-0.3, -0.25) is 9.59 Å².